The third kappa shape index (κ3) is 2.45. The Balaban J connectivity index is 1.92. The van der Waals surface area contributed by atoms with Gasteiger partial charge in [-0.3, -0.25) is 4.79 Å². The van der Waals surface area contributed by atoms with Gasteiger partial charge in [-0.2, -0.15) is 0 Å². The number of nitrogen functional groups attached to an aromatic ring is 1. The van der Waals surface area contributed by atoms with Gasteiger partial charge in [-0.15, -0.1) is 0 Å². The van der Waals surface area contributed by atoms with E-state index >= 15 is 0 Å². The lowest BCUT2D eigenvalue weighted by Gasteiger charge is -2.19. The highest BCUT2D eigenvalue weighted by Crippen LogP contribution is 2.35. The van der Waals surface area contributed by atoms with Gasteiger partial charge >= 0.3 is 0 Å². The van der Waals surface area contributed by atoms with E-state index in [0.717, 1.165) is 22.6 Å². The zero-order valence-electron chi connectivity index (χ0n) is 11.3. The second-order valence-corrected chi connectivity index (χ2v) is 5.01. The van der Waals surface area contributed by atoms with E-state index in [1.807, 2.05) is 37.3 Å². The van der Waals surface area contributed by atoms with Crippen LogP contribution in [0, 0.1) is 6.92 Å². The molecule has 3 rings (SSSR count). The Hall–Kier alpha value is -2.49. The van der Waals surface area contributed by atoms with E-state index in [0.29, 0.717) is 24.3 Å². The van der Waals surface area contributed by atoms with Crippen molar-refractivity contribution < 1.29 is 9.53 Å². The molecule has 4 nitrogen and oxygen atoms in total. The number of hydrogen-bond donors (Lipinski definition) is 2. The van der Waals surface area contributed by atoms with Crippen molar-refractivity contribution in [3.63, 3.8) is 0 Å². The van der Waals surface area contributed by atoms with Crippen molar-refractivity contribution in [1.29, 1.82) is 0 Å². The lowest BCUT2D eigenvalue weighted by atomic mass is 10.0. The van der Waals surface area contributed by atoms with E-state index in [2.05, 4.69) is 5.32 Å². The molecule has 3 N–H and O–H groups in total. The van der Waals surface area contributed by atoms with Gasteiger partial charge in [0.2, 0.25) is 5.91 Å². The summed E-state index contributed by atoms with van der Waals surface area (Å²) in [5.74, 6) is 1.42. The summed E-state index contributed by atoms with van der Waals surface area (Å²) >= 11 is 0. The number of fused-ring (bicyclic) bond motifs is 1. The summed E-state index contributed by atoms with van der Waals surface area (Å²) in [4.78, 5) is 11.4. The third-order valence-corrected chi connectivity index (χ3v) is 3.35. The molecule has 0 unspecified atom stereocenters. The molecular weight excluding hydrogens is 252 g/mol. The number of nitrogens with two attached hydrogens (primary N) is 1. The van der Waals surface area contributed by atoms with E-state index in [1.165, 1.54) is 0 Å². The van der Waals surface area contributed by atoms with Gasteiger partial charge in [0, 0.05) is 12.1 Å². The van der Waals surface area contributed by atoms with Crippen LogP contribution in [0.2, 0.25) is 0 Å². The smallest absolute Gasteiger partial charge is 0.224 e. The fourth-order valence-corrected chi connectivity index (χ4v) is 2.32. The fourth-order valence-electron chi connectivity index (χ4n) is 2.32. The van der Waals surface area contributed by atoms with E-state index in [9.17, 15) is 4.79 Å². The first kappa shape index (κ1) is 12.5. The van der Waals surface area contributed by atoms with Crippen LogP contribution in [-0.4, -0.2) is 5.91 Å². The second kappa shape index (κ2) is 4.89. The SMILES string of the molecule is Cc1cccc(Oc2cc3c(cc2N)NC(=O)CC3)c1. The maximum atomic E-state index is 11.4. The molecule has 2 aromatic carbocycles. The molecule has 1 amide bonds. The highest BCUT2D eigenvalue weighted by Gasteiger charge is 2.17. The predicted octanol–water partition coefficient (Wildman–Crippen LogP) is 3.25. The lowest BCUT2D eigenvalue weighted by Crippen LogP contribution is -2.19. The van der Waals surface area contributed by atoms with Gasteiger partial charge in [0.05, 0.1) is 5.69 Å². The number of anilines is 2. The molecule has 4 heteroatoms. The minimum Gasteiger partial charge on any atom is -0.455 e. The van der Waals surface area contributed by atoms with Crippen molar-refractivity contribution in [2.24, 2.45) is 0 Å². The molecule has 20 heavy (non-hydrogen) atoms. The summed E-state index contributed by atoms with van der Waals surface area (Å²) in [5.41, 5.74) is 9.50. The molecular formula is C16H16N2O2. The standard InChI is InChI=1S/C16H16N2O2/c1-10-3-2-4-12(7-10)20-15-8-11-5-6-16(19)18-14(11)9-13(15)17/h2-4,7-9H,5-6,17H2,1H3,(H,18,19). The molecule has 0 radical (unpaired) electrons. The van der Waals surface area contributed by atoms with E-state index in [-0.39, 0.29) is 5.91 Å². The molecule has 0 bridgehead atoms. The number of carbonyl (C=O) groups is 1. The molecule has 2 aromatic rings. The number of amides is 1. The van der Waals surface area contributed by atoms with Gasteiger partial charge in [-0.05, 0) is 48.7 Å². The van der Waals surface area contributed by atoms with Gasteiger partial charge < -0.3 is 15.8 Å². The number of benzene rings is 2. The highest BCUT2D eigenvalue weighted by molar-refractivity contribution is 5.94. The Morgan fingerprint density at radius 2 is 2.05 bits per heavy atom. The number of nitrogens with one attached hydrogen (secondary N) is 1. The first-order valence-electron chi connectivity index (χ1n) is 6.58. The summed E-state index contributed by atoms with van der Waals surface area (Å²) in [6.45, 7) is 2.01. The minimum absolute atomic E-state index is 0.0317. The average Bonchev–Trinajstić information content (AvgIpc) is 2.40. The Labute approximate surface area is 117 Å². The van der Waals surface area contributed by atoms with Gasteiger partial charge in [0.15, 0.2) is 5.75 Å². The zero-order chi connectivity index (χ0) is 14.1. The van der Waals surface area contributed by atoms with Crippen LogP contribution < -0.4 is 15.8 Å². The fraction of sp³-hybridized carbons (Fsp3) is 0.188. The van der Waals surface area contributed by atoms with Crippen molar-refractivity contribution in [2.45, 2.75) is 19.8 Å². The molecule has 0 atom stereocenters. The number of ether oxygens (including phenoxy) is 1. The van der Waals surface area contributed by atoms with Gasteiger partial charge in [-0.1, -0.05) is 12.1 Å². The molecule has 1 heterocycles. The van der Waals surface area contributed by atoms with Crippen molar-refractivity contribution in [2.75, 3.05) is 11.1 Å². The summed E-state index contributed by atoms with van der Waals surface area (Å²) < 4.78 is 5.85. The minimum atomic E-state index is 0.0317. The molecule has 102 valence electrons. The third-order valence-electron chi connectivity index (χ3n) is 3.35. The number of carbonyl (C=O) groups excluding carboxylic acids is 1. The van der Waals surface area contributed by atoms with Crippen LogP contribution in [0.1, 0.15) is 17.5 Å². The monoisotopic (exact) mass is 268 g/mol. The predicted molar refractivity (Wildman–Crippen MR) is 79.1 cm³/mol. The second-order valence-electron chi connectivity index (χ2n) is 5.01. The van der Waals surface area contributed by atoms with Crippen molar-refractivity contribution >= 4 is 17.3 Å². The van der Waals surface area contributed by atoms with Gasteiger partial charge in [0.25, 0.3) is 0 Å². The lowest BCUT2D eigenvalue weighted by molar-refractivity contribution is -0.116. The van der Waals surface area contributed by atoms with Crippen LogP contribution in [0.4, 0.5) is 11.4 Å². The molecule has 1 aliphatic rings. The van der Waals surface area contributed by atoms with E-state index in [1.54, 1.807) is 6.07 Å². The van der Waals surface area contributed by atoms with Crippen LogP contribution in [0.5, 0.6) is 11.5 Å². The van der Waals surface area contributed by atoms with Crippen LogP contribution >= 0.6 is 0 Å². The summed E-state index contributed by atoms with van der Waals surface area (Å²) in [6, 6.07) is 11.5. The Morgan fingerprint density at radius 1 is 1.20 bits per heavy atom. The summed E-state index contributed by atoms with van der Waals surface area (Å²) in [6.07, 6.45) is 1.21. The Bertz CT molecular complexity index is 680. The van der Waals surface area contributed by atoms with Gasteiger partial charge in [0.1, 0.15) is 5.75 Å². The topological polar surface area (TPSA) is 64.3 Å². The number of rotatable bonds is 2. The molecule has 0 spiro atoms. The van der Waals surface area contributed by atoms with Gasteiger partial charge in [-0.25, -0.2) is 0 Å². The molecule has 0 aliphatic carbocycles. The van der Waals surface area contributed by atoms with Crippen LogP contribution in [-0.2, 0) is 11.2 Å². The maximum absolute atomic E-state index is 11.4. The Kier molecular flexibility index (Phi) is 3.06. The van der Waals surface area contributed by atoms with Crippen molar-refractivity contribution in [3.05, 3.63) is 47.5 Å². The largest absolute Gasteiger partial charge is 0.455 e. The molecule has 0 aromatic heterocycles. The average molecular weight is 268 g/mol. The number of aryl methyl sites for hydroxylation is 2. The number of hydrogen-bond acceptors (Lipinski definition) is 3. The first-order valence-corrected chi connectivity index (χ1v) is 6.58. The van der Waals surface area contributed by atoms with Crippen LogP contribution in [0.15, 0.2) is 36.4 Å². The van der Waals surface area contributed by atoms with Crippen LogP contribution in [0.3, 0.4) is 0 Å². The molecule has 0 saturated carbocycles. The first-order chi connectivity index (χ1) is 9.61. The normalized spacial score (nSPS) is 13.6. The molecule has 0 saturated heterocycles. The quantitative estimate of drug-likeness (QED) is 0.822. The summed E-state index contributed by atoms with van der Waals surface area (Å²) in [5, 5.41) is 2.83. The molecule has 0 fully saturated rings. The zero-order valence-corrected chi connectivity index (χ0v) is 11.3. The van der Waals surface area contributed by atoms with E-state index in [4.69, 9.17) is 10.5 Å². The van der Waals surface area contributed by atoms with Crippen LogP contribution in [0.25, 0.3) is 0 Å². The highest BCUT2D eigenvalue weighted by atomic mass is 16.5. The van der Waals surface area contributed by atoms with Crippen molar-refractivity contribution in [3.8, 4) is 11.5 Å². The maximum Gasteiger partial charge on any atom is 0.224 e. The molecule has 1 aliphatic heterocycles. The summed E-state index contributed by atoms with van der Waals surface area (Å²) in [7, 11) is 0. The Morgan fingerprint density at radius 3 is 2.85 bits per heavy atom. The van der Waals surface area contributed by atoms with E-state index < -0.39 is 0 Å². The van der Waals surface area contributed by atoms with Crippen molar-refractivity contribution in [1.82, 2.24) is 0 Å².